The smallest absolute Gasteiger partial charge is 0.0897 e. The normalized spacial score (nSPS) is 11.9. The molecule has 0 radical (unpaired) electrons. The van der Waals surface area contributed by atoms with E-state index in [1.165, 1.54) is 4.88 Å². The van der Waals surface area contributed by atoms with Crippen LogP contribution < -0.4 is 5.32 Å². The Labute approximate surface area is 102 Å². The lowest BCUT2D eigenvalue weighted by Crippen LogP contribution is -2.21. The van der Waals surface area contributed by atoms with Gasteiger partial charge in [-0.3, -0.25) is 0 Å². The number of hydrogen-bond donors (Lipinski definition) is 1. The molecule has 0 bridgehead atoms. The van der Waals surface area contributed by atoms with Crippen molar-refractivity contribution in [3.05, 3.63) is 16.1 Å². The van der Waals surface area contributed by atoms with Crippen LogP contribution in [0.25, 0.3) is 0 Å². The van der Waals surface area contributed by atoms with Crippen LogP contribution in [0.3, 0.4) is 0 Å². The molecule has 16 heavy (non-hydrogen) atoms. The topological polar surface area (TPSA) is 24.9 Å². The van der Waals surface area contributed by atoms with Crippen molar-refractivity contribution in [2.75, 3.05) is 6.54 Å². The first-order valence-corrected chi connectivity index (χ1v) is 6.65. The van der Waals surface area contributed by atoms with Crippen molar-refractivity contribution in [2.45, 2.75) is 46.1 Å². The number of aryl methyl sites for hydroxylation is 1. The van der Waals surface area contributed by atoms with Gasteiger partial charge in [0.1, 0.15) is 0 Å². The Balaban J connectivity index is 2.57. The van der Waals surface area contributed by atoms with Crippen molar-refractivity contribution in [2.24, 2.45) is 0 Å². The Morgan fingerprint density at radius 1 is 1.56 bits per heavy atom. The molecule has 0 aliphatic heterocycles. The van der Waals surface area contributed by atoms with E-state index < -0.39 is 0 Å². The number of thiazole rings is 1. The van der Waals surface area contributed by atoms with Gasteiger partial charge in [0.15, 0.2) is 0 Å². The molecule has 88 valence electrons. The second kappa shape index (κ2) is 7.43. The molecule has 1 heterocycles. The van der Waals surface area contributed by atoms with E-state index in [1.54, 1.807) is 11.3 Å². The minimum atomic E-state index is 0.423. The Morgan fingerprint density at radius 3 is 2.94 bits per heavy atom. The maximum Gasteiger partial charge on any atom is 0.0897 e. The average molecular weight is 236 g/mol. The summed E-state index contributed by atoms with van der Waals surface area (Å²) in [7, 11) is 0. The monoisotopic (exact) mass is 236 g/mol. The Hall–Kier alpha value is -0.850. The van der Waals surface area contributed by atoms with Crippen molar-refractivity contribution < 1.29 is 0 Å². The van der Waals surface area contributed by atoms with Gasteiger partial charge < -0.3 is 5.32 Å². The Kier molecular flexibility index (Phi) is 6.14. The molecule has 1 aromatic rings. The fraction of sp³-hybridized carbons (Fsp3) is 0.615. The molecule has 0 saturated carbocycles. The van der Waals surface area contributed by atoms with Crippen LogP contribution in [0, 0.1) is 18.8 Å². The first kappa shape index (κ1) is 13.2. The quantitative estimate of drug-likeness (QED) is 0.767. The van der Waals surface area contributed by atoms with E-state index in [2.05, 4.69) is 36.0 Å². The number of hydrogen-bond acceptors (Lipinski definition) is 3. The maximum atomic E-state index is 4.32. The maximum absolute atomic E-state index is 4.32. The van der Waals surface area contributed by atoms with Crippen molar-refractivity contribution in [3.63, 3.8) is 0 Å². The van der Waals surface area contributed by atoms with E-state index in [9.17, 15) is 0 Å². The molecule has 2 nitrogen and oxygen atoms in total. The van der Waals surface area contributed by atoms with Crippen LogP contribution in [-0.4, -0.2) is 11.5 Å². The summed E-state index contributed by atoms with van der Waals surface area (Å²) in [4.78, 5) is 5.65. The van der Waals surface area contributed by atoms with Gasteiger partial charge in [-0.05, 0) is 33.2 Å². The molecule has 1 atom stereocenters. The largest absolute Gasteiger partial charge is 0.309 e. The van der Waals surface area contributed by atoms with Gasteiger partial charge in [0.2, 0.25) is 0 Å². The third kappa shape index (κ3) is 4.34. The summed E-state index contributed by atoms with van der Waals surface area (Å²) in [5.41, 5.74) is 0. The minimum Gasteiger partial charge on any atom is -0.309 e. The molecule has 0 aliphatic carbocycles. The van der Waals surface area contributed by atoms with Crippen LogP contribution >= 0.6 is 11.3 Å². The molecule has 1 aromatic heterocycles. The summed E-state index contributed by atoms with van der Waals surface area (Å²) >= 11 is 1.78. The summed E-state index contributed by atoms with van der Waals surface area (Å²) in [5, 5.41) is 4.70. The second-order valence-corrected chi connectivity index (χ2v) is 5.02. The second-order valence-electron chi connectivity index (χ2n) is 3.75. The van der Waals surface area contributed by atoms with Crippen molar-refractivity contribution in [3.8, 4) is 11.8 Å². The predicted octanol–water partition coefficient (Wildman–Crippen LogP) is 3.30. The van der Waals surface area contributed by atoms with Gasteiger partial charge in [0.25, 0.3) is 0 Å². The van der Waals surface area contributed by atoms with Gasteiger partial charge >= 0.3 is 0 Å². The third-order valence-corrected chi connectivity index (χ3v) is 3.38. The molecule has 1 N–H and O–H groups in total. The molecule has 0 spiro atoms. The predicted molar refractivity (Wildman–Crippen MR) is 70.6 cm³/mol. The molecule has 0 aromatic carbocycles. The van der Waals surface area contributed by atoms with Crippen molar-refractivity contribution in [1.82, 2.24) is 10.3 Å². The van der Waals surface area contributed by atoms with E-state index in [1.807, 2.05) is 13.1 Å². The van der Waals surface area contributed by atoms with Crippen LogP contribution in [0.15, 0.2) is 6.20 Å². The standard InChI is InChI=1S/C13H20N2S/c1-4-6-7-8-12(14-9-5-2)13-10-15-11(3)16-13/h10,12,14H,5,7-9H2,1-3H3. The van der Waals surface area contributed by atoms with E-state index in [-0.39, 0.29) is 0 Å². The zero-order valence-corrected chi connectivity index (χ0v) is 11.2. The van der Waals surface area contributed by atoms with Gasteiger partial charge in [-0.15, -0.1) is 23.2 Å². The molecule has 0 saturated heterocycles. The van der Waals surface area contributed by atoms with Crippen molar-refractivity contribution in [1.29, 1.82) is 0 Å². The van der Waals surface area contributed by atoms with E-state index in [4.69, 9.17) is 0 Å². The first-order valence-electron chi connectivity index (χ1n) is 5.83. The highest BCUT2D eigenvalue weighted by atomic mass is 32.1. The molecule has 3 heteroatoms. The summed E-state index contributed by atoms with van der Waals surface area (Å²) in [6.45, 7) is 7.19. The third-order valence-electron chi connectivity index (χ3n) is 2.36. The summed E-state index contributed by atoms with van der Waals surface area (Å²) in [5.74, 6) is 6.07. The molecule has 0 aliphatic rings. The zero-order chi connectivity index (χ0) is 11.8. The van der Waals surface area contributed by atoms with Gasteiger partial charge in [0.05, 0.1) is 5.01 Å². The fourth-order valence-corrected chi connectivity index (χ4v) is 2.44. The van der Waals surface area contributed by atoms with E-state index in [0.717, 1.165) is 30.8 Å². The van der Waals surface area contributed by atoms with E-state index >= 15 is 0 Å². The highest BCUT2D eigenvalue weighted by Gasteiger charge is 2.12. The highest BCUT2D eigenvalue weighted by Crippen LogP contribution is 2.24. The van der Waals surface area contributed by atoms with Gasteiger partial charge in [-0.25, -0.2) is 4.98 Å². The van der Waals surface area contributed by atoms with Gasteiger partial charge in [-0.2, -0.15) is 0 Å². The molecule has 0 fully saturated rings. The lowest BCUT2D eigenvalue weighted by atomic mass is 10.1. The lowest BCUT2D eigenvalue weighted by molar-refractivity contribution is 0.512. The van der Waals surface area contributed by atoms with Crippen LogP contribution in [0.4, 0.5) is 0 Å². The minimum absolute atomic E-state index is 0.423. The molecular weight excluding hydrogens is 216 g/mol. The highest BCUT2D eigenvalue weighted by molar-refractivity contribution is 7.11. The fourth-order valence-electron chi connectivity index (χ4n) is 1.54. The van der Waals surface area contributed by atoms with Crippen molar-refractivity contribution >= 4 is 11.3 Å². The molecule has 0 amide bonds. The number of rotatable bonds is 6. The van der Waals surface area contributed by atoms with Crippen LogP contribution in [-0.2, 0) is 0 Å². The van der Waals surface area contributed by atoms with Crippen LogP contribution in [0.1, 0.15) is 49.0 Å². The van der Waals surface area contributed by atoms with Gasteiger partial charge in [-0.1, -0.05) is 6.92 Å². The van der Waals surface area contributed by atoms with Gasteiger partial charge in [0, 0.05) is 23.5 Å². The summed E-state index contributed by atoms with van der Waals surface area (Å²) in [6, 6.07) is 0.423. The first-order chi connectivity index (χ1) is 7.77. The molecule has 1 rings (SSSR count). The average Bonchev–Trinajstić information content (AvgIpc) is 2.70. The Morgan fingerprint density at radius 2 is 2.38 bits per heavy atom. The SMILES string of the molecule is CC#CCCC(NCCC)c1cnc(C)s1. The number of nitrogens with zero attached hydrogens (tertiary/aromatic N) is 1. The number of aromatic nitrogens is 1. The lowest BCUT2D eigenvalue weighted by Gasteiger charge is -2.15. The number of nitrogens with one attached hydrogen (secondary N) is 1. The van der Waals surface area contributed by atoms with Crippen LogP contribution in [0.5, 0.6) is 0 Å². The molecular formula is C13H20N2S. The molecule has 1 unspecified atom stereocenters. The Bertz CT molecular complexity index is 359. The summed E-state index contributed by atoms with van der Waals surface area (Å²) in [6.07, 6.45) is 5.18. The van der Waals surface area contributed by atoms with Crippen LogP contribution in [0.2, 0.25) is 0 Å². The zero-order valence-electron chi connectivity index (χ0n) is 10.3. The summed E-state index contributed by atoms with van der Waals surface area (Å²) < 4.78 is 0. The van der Waals surface area contributed by atoms with E-state index in [0.29, 0.717) is 6.04 Å².